The van der Waals surface area contributed by atoms with Gasteiger partial charge >= 0.3 is 0 Å². The van der Waals surface area contributed by atoms with Gasteiger partial charge in [-0.05, 0) is 36.2 Å². The highest BCUT2D eigenvalue weighted by Gasteiger charge is 2.36. The second kappa shape index (κ2) is 6.48. The van der Waals surface area contributed by atoms with E-state index < -0.39 is 0 Å². The van der Waals surface area contributed by atoms with Crippen molar-refractivity contribution in [1.29, 1.82) is 0 Å². The first-order valence-corrected chi connectivity index (χ1v) is 9.00. The summed E-state index contributed by atoms with van der Waals surface area (Å²) in [6.45, 7) is 5.09. The molecule has 4 rings (SSSR count). The van der Waals surface area contributed by atoms with Crippen LogP contribution in [0.4, 0.5) is 0 Å². The minimum atomic E-state index is 0.277. The van der Waals surface area contributed by atoms with E-state index in [0.29, 0.717) is 6.42 Å². The summed E-state index contributed by atoms with van der Waals surface area (Å²) >= 11 is 0. The van der Waals surface area contributed by atoms with Crippen LogP contribution in [0.1, 0.15) is 18.4 Å². The molecule has 2 fully saturated rings. The molecular weight excluding hydrogens is 284 g/mol. The molecule has 0 spiro atoms. The Hall–Kier alpha value is -1.61. The van der Waals surface area contributed by atoms with Gasteiger partial charge in [-0.3, -0.25) is 9.69 Å². The minimum absolute atomic E-state index is 0.277. The van der Waals surface area contributed by atoms with E-state index in [1.165, 1.54) is 19.4 Å². The molecule has 1 aliphatic heterocycles. The summed E-state index contributed by atoms with van der Waals surface area (Å²) in [4.78, 5) is 17.0. The molecule has 23 heavy (non-hydrogen) atoms. The molecule has 0 radical (unpaired) electrons. The molecular formula is C20H26N2O. The summed E-state index contributed by atoms with van der Waals surface area (Å²) in [7, 11) is 0. The number of carbonyl (C=O) groups excluding carboxylic acids is 1. The van der Waals surface area contributed by atoms with E-state index in [0.717, 1.165) is 49.5 Å². The summed E-state index contributed by atoms with van der Waals surface area (Å²) < 4.78 is 0. The maximum atomic E-state index is 12.4. The highest BCUT2D eigenvalue weighted by atomic mass is 16.2. The first kappa shape index (κ1) is 14.9. The average molecular weight is 310 g/mol. The van der Waals surface area contributed by atoms with E-state index in [4.69, 9.17) is 0 Å². The fourth-order valence-corrected chi connectivity index (χ4v) is 4.50. The van der Waals surface area contributed by atoms with E-state index in [1.54, 1.807) is 0 Å². The number of hydrogen-bond donors (Lipinski definition) is 0. The summed E-state index contributed by atoms with van der Waals surface area (Å²) in [6, 6.07) is 10.1. The molecule has 2 bridgehead atoms. The highest BCUT2D eigenvalue weighted by Crippen LogP contribution is 2.43. The third-order valence-electron chi connectivity index (χ3n) is 5.83. The smallest absolute Gasteiger partial charge is 0.227 e. The van der Waals surface area contributed by atoms with Gasteiger partial charge in [0.1, 0.15) is 0 Å². The maximum absolute atomic E-state index is 12.4. The van der Waals surface area contributed by atoms with E-state index in [1.807, 2.05) is 35.2 Å². The zero-order chi connectivity index (χ0) is 15.6. The highest BCUT2D eigenvalue weighted by molar-refractivity contribution is 5.78. The van der Waals surface area contributed by atoms with Gasteiger partial charge in [-0.1, -0.05) is 42.5 Å². The van der Waals surface area contributed by atoms with Gasteiger partial charge in [0.2, 0.25) is 5.91 Å². The number of fused-ring (bicyclic) bond motifs is 2. The molecule has 1 saturated carbocycles. The van der Waals surface area contributed by atoms with Crippen molar-refractivity contribution in [1.82, 2.24) is 9.80 Å². The number of allylic oxidation sites excluding steroid dienone is 2. The fourth-order valence-electron chi connectivity index (χ4n) is 4.50. The lowest BCUT2D eigenvalue weighted by Gasteiger charge is -2.37. The van der Waals surface area contributed by atoms with E-state index in [2.05, 4.69) is 17.1 Å². The van der Waals surface area contributed by atoms with Gasteiger partial charge in [0.25, 0.3) is 0 Å². The number of benzene rings is 1. The minimum Gasteiger partial charge on any atom is -0.340 e. The van der Waals surface area contributed by atoms with Gasteiger partial charge in [0.05, 0.1) is 6.42 Å². The molecule has 0 aromatic heterocycles. The lowest BCUT2D eigenvalue weighted by Crippen LogP contribution is -2.50. The standard InChI is InChI=1S/C20H26N2O/c23-20(14-16-4-2-1-3-5-16)22-10-8-21(9-11-22)15-19-13-17-6-7-18(19)12-17/h1-7,17-19H,8-15H2/t17-,18-,19+/m0/s1. The van der Waals surface area contributed by atoms with Crippen molar-refractivity contribution in [3.05, 3.63) is 48.0 Å². The number of amides is 1. The quantitative estimate of drug-likeness (QED) is 0.798. The number of nitrogens with zero attached hydrogens (tertiary/aromatic N) is 2. The van der Waals surface area contributed by atoms with Crippen molar-refractivity contribution in [2.75, 3.05) is 32.7 Å². The molecule has 3 atom stereocenters. The molecule has 1 heterocycles. The fraction of sp³-hybridized carbons (Fsp3) is 0.550. The van der Waals surface area contributed by atoms with Gasteiger partial charge < -0.3 is 4.90 Å². The SMILES string of the molecule is O=C(Cc1ccccc1)N1CCN(C[C@H]2C[C@H]3C=C[C@H]2C3)CC1. The van der Waals surface area contributed by atoms with Crippen LogP contribution in [0, 0.1) is 17.8 Å². The van der Waals surface area contributed by atoms with Crippen LogP contribution in [0.3, 0.4) is 0 Å². The normalized spacial score (nSPS) is 30.1. The monoisotopic (exact) mass is 310 g/mol. The molecule has 1 aromatic carbocycles. The van der Waals surface area contributed by atoms with E-state index in [9.17, 15) is 4.79 Å². The molecule has 0 N–H and O–H groups in total. The second-order valence-corrected chi connectivity index (χ2v) is 7.38. The Labute approximate surface area is 139 Å². The van der Waals surface area contributed by atoms with Crippen LogP contribution in [0.15, 0.2) is 42.5 Å². The van der Waals surface area contributed by atoms with Gasteiger partial charge in [-0.2, -0.15) is 0 Å². The molecule has 1 saturated heterocycles. The van der Waals surface area contributed by atoms with Crippen LogP contribution in [0.5, 0.6) is 0 Å². The predicted molar refractivity (Wildman–Crippen MR) is 92.0 cm³/mol. The Bertz CT molecular complexity index is 575. The zero-order valence-corrected chi connectivity index (χ0v) is 13.7. The summed E-state index contributed by atoms with van der Waals surface area (Å²) in [6.07, 6.45) is 8.17. The Morgan fingerprint density at radius 2 is 1.78 bits per heavy atom. The molecule has 3 nitrogen and oxygen atoms in total. The van der Waals surface area contributed by atoms with Crippen molar-refractivity contribution < 1.29 is 4.79 Å². The summed E-state index contributed by atoms with van der Waals surface area (Å²) in [5.74, 6) is 2.83. The summed E-state index contributed by atoms with van der Waals surface area (Å²) in [5, 5.41) is 0. The van der Waals surface area contributed by atoms with Crippen molar-refractivity contribution in [2.24, 2.45) is 17.8 Å². The largest absolute Gasteiger partial charge is 0.340 e. The molecule has 0 unspecified atom stereocenters. The Morgan fingerprint density at radius 3 is 2.43 bits per heavy atom. The molecule has 122 valence electrons. The number of rotatable bonds is 4. The van der Waals surface area contributed by atoms with Crippen molar-refractivity contribution in [3.8, 4) is 0 Å². The van der Waals surface area contributed by atoms with Crippen LogP contribution in [-0.2, 0) is 11.2 Å². The number of carbonyl (C=O) groups is 1. The van der Waals surface area contributed by atoms with Crippen molar-refractivity contribution >= 4 is 5.91 Å². The van der Waals surface area contributed by atoms with Crippen molar-refractivity contribution in [2.45, 2.75) is 19.3 Å². The Balaban J connectivity index is 1.24. The molecule has 3 aliphatic rings. The van der Waals surface area contributed by atoms with E-state index >= 15 is 0 Å². The Kier molecular flexibility index (Phi) is 4.21. The van der Waals surface area contributed by atoms with E-state index in [-0.39, 0.29) is 5.91 Å². The molecule has 1 aromatic rings. The maximum Gasteiger partial charge on any atom is 0.227 e. The van der Waals surface area contributed by atoms with Crippen molar-refractivity contribution in [3.63, 3.8) is 0 Å². The van der Waals surface area contributed by atoms with Crippen LogP contribution in [0.25, 0.3) is 0 Å². The van der Waals surface area contributed by atoms with Gasteiger partial charge in [-0.15, -0.1) is 0 Å². The van der Waals surface area contributed by atoms with Crippen LogP contribution < -0.4 is 0 Å². The molecule has 3 heteroatoms. The first-order valence-electron chi connectivity index (χ1n) is 9.00. The number of hydrogen-bond acceptors (Lipinski definition) is 2. The second-order valence-electron chi connectivity index (χ2n) is 7.38. The van der Waals surface area contributed by atoms with Gasteiger partial charge in [0, 0.05) is 32.7 Å². The first-order chi connectivity index (χ1) is 11.3. The summed E-state index contributed by atoms with van der Waals surface area (Å²) in [5.41, 5.74) is 1.12. The lowest BCUT2D eigenvalue weighted by molar-refractivity contribution is -0.132. The third-order valence-corrected chi connectivity index (χ3v) is 5.83. The third kappa shape index (κ3) is 3.35. The molecule has 1 amide bonds. The lowest BCUT2D eigenvalue weighted by atomic mass is 9.93. The van der Waals surface area contributed by atoms with Crippen LogP contribution in [-0.4, -0.2) is 48.4 Å². The Morgan fingerprint density at radius 1 is 1.00 bits per heavy atom. The molecule has 2 aliphatic carbocycles. The zero-order valence-electron chi connectivity index (χ0n) is 13.7. The number of piperazine rings is 1. The van der Waals surface area contributed by atoms with Gasteiger partial charge in [0.15, 0.2) is 0 Å². The predicted octanol–water partition coefficient (Wildman–Crippen LogP) is 2.59. The topological polar surface area (TPSA) is 23.6 Å². The van der Waals surface area contributed by atoms with Crippen LogP contribution in [0.2, 0.25) is 0 Å². The average Bonchev–Trinajstić information content (AvgIpc) is 3.19. The van der Waals surface area contributed by atoms with Crippen LogP contribution >= 0.6 is 0 Å². The van der Waals surface area contributed by atoms with Gasteiger partial charge in [-0.25, -0.2) is 0 Å².